The van der Waals surface area contributed by atoms with Gasteiger partial charge in [-0.3, -0.25) is 0 Å². The van der Waals surface area contributed by atoms with Gasteiger partial charge in [0.1, 0.15) is 5.60 Å². The summed E-state index contributed by atoms with van der Waals surface area (Å²) in [5.41, 5.74) is 21.1. The lowest BCUT2D eigenvalue weighted by atomic mass is 9.66. The molecule has 0 saturated carbocycles. The van der Waals surface area contributed by atoms with Crippen LogP contribution in [0, 0.1) is 5.41 Å². The van der Waals surface area contributed by atoms with Gasteiger partial charge in [-0.2, -0.15) is 0 Å². The summed E-state index contributed by atoms with van der Waals surface area (Å²) in [5, 5.41) is 21.1. The van der Waals surface area contributed by atoms with Crippen molar-refractivity contribution in [2.24, 2.45) is 28.3 Å². The number of hydrogen-bond donors (Lipinski definition) is 6. The van der Waals surface area contributed by atoms with Crippen molar-refractivity contribution in [1.29, 1.82) is 0 Å². The maximum Gasteiger partial charge on any atom is 0.102 e. The molecular weight excluding hydrogens is 324 g/mol. The second-order valence-corrected chi connectivity index (χ2v) is 7.17. The molecule has 0 aliphatic rings. The lowest BCUT2D eigenvalue weighted by molar-refractivity contribution is -0.131. The third kappa shape index (κ3) is 7.84. The van der Waals surface area contributed by atoms with Crippen LogP contribution in [0.3, 0.4) is 0 Å². The molecule has 25 heavy (non-hydrogen) atoms. The number of hydrogen-bond acceptors (Lipinski definition) is 8. The van der Waals surface area contributed by atoms with Gasteiger partial charge in [0.05, 0.1) is 6.61 Å². The highest BCUT2D eigenvalue weighted by atomic mass is 16.5. The number of aliphatic hydroxyl groups is 2. The van der Waals surface area contributed by atoms with Crippen LogP contribution in [0.4, 0.5) is 0 Å². The summed E-state index contributed by atoms with van der Waals surface area (Å²) in [5.74, 6) is 0. The molecule has 2 atom stereocenters. The van der Waals surface area contributed by atoms with E-state index in [1.165, 1.54) is 0 Å². The first-order valence-electron chi connectivity index (χ1n) is 9.18. The first kappa shape index (κ1) is 24.7. The van der Waals surface area contributed by atoms with E-state index in [1.54, 1.807) is 13.8 Å². The fourth-order valence-corrected chi connectivity index (χ4v) is 2.84. The monoisotopic (exact) mass is 364 g/mol. The summed E-state index contributed by atoms with van der Waals surface area (Å²) in [6.45, 7) is 6.38. The summed E-state index contributed by atoms with van der Waals surface area (Å²) in [6, 6.07) is -1.27. The zero-order valence-electron chi connectivity index (χ0n) is 16.0. The topological polar surface area (TPSA) is 163 Å². The highest BCUT2D eigenvalue weighted by Crippen LogP contribution is 2.37. The van der Waals surface area contributed by atoms with Gasteiger partial charge in [-0.05, 0) is 38.8 Å². The predicted molar refractivity (Wildman–Crippen MR) is 100.0 cm³/mol. The Bertz CT molecular complexity index is 312. The van der Waals surface area contributed by atoms with Crippen LogP contribution in [0.5, 0.6) is 0 Å². The highest BCUT2D eigenvalue weighted by molar-refractivity contribution is 5.06. The molecule has 0 amide bonds. The molecule has 0 aliphatic heterocycles. The Morgan fingerprint density at radius 2 is 1.24 bits per heavy atom. The van der Waals surface area contributed by atoms with Crippen LogP contribution in [-0.2, 0) is 9.47 Å². The maximum absolute atomic E-state index is 11.3. The van der Waals surface area contributed by atoms with Crippen molar-refractivity contribution < 1.29 is 19.7 Å². The Morgan fingerprint density at radius 3 is 1.56 bits per heavy atom. The van der Waals surface area contributed by atoms with Crippen molar-refractivity contribution in [1.82, 2.24) is 0 Å². The molecule has 0 aromatic heterocycles. The molecule has 0 aliphatic carbocycles. The lowest BCUT2D eigenvalue weighted by Gasteiger charge is -2.49. The van der Waals surface area contributed by atoms with Gasteiger partial charge >= 0.3 is 0 Å². The van der Waals surface area contributed by atoms with E-state index in [0.29, 0.717) is 52.4 Å². The van der Waals surface area contributed by atoms with Crippen LogP contribution in [0.15, 0.2) is 0 Å². The van der Waals surface area contributed by atoms with Gasteiger partial charge in [-0.1, -0.05) is 13.8 Å². The molecule has 8 nitrogen and oxygen atoms in total. The first-order valence-corrected chi connectivity index (χ1v) is 9.18. The number of nitrogens with two attached hydrogens (primary N) is 4. The van der Waals surface area contributed by atoms with Crippen LogP contribution in [-0.4, -0.2) is 74.0 Å². The standard InChI is InChI=1S/C17H40N4O4/c1-16(2,13-22)17(23,14(20)5-11-24-9-3-7-18)15(21)6-12-25-10-4-8-19/h14-15,22-23H,3-13,18-21H2,1-2H3. The van der Waals surface area contributed by atoms with E-state index in [-0.39, 0.29) is 6.61 Å². The van der Waals surface area contributed by atoms with Gasteiger partial charge in [-0.25, -0.2) is 0 Å². The van der Waals surface area contributed by atoms with Gasteiger partial charge in [-0.15, -0.1) is 0 Å². The van der Waals surface area contributed by atoms with Crippen molar-refractivity contribution in [3.8, 4) is 0 Å². The van der Waals surface area contributed by atoms with Crippen molar-refractivity contribution in [2.75, 3.05) is 46.1 Å². The normalized spacial score (nSPS) is 17.3. The molecule has 8 heteroatoms. The second kappa shape index (κ2) is 12.9. The van der Waals surface area contributed by atoms with Gasteiger partial charge in [0.2, 0.25) is 0 Å². The lowest BCUT2D eigenvalue weighted by Crippen LogP contribution is -2.68. The molecule has 0 saturated heterocycles. The SMILES string of the molecule is CC(C)(CO)C(O)(C(N)CCOCCCN)C(N)CCOCCCN. The second-order valence-electron chi connectivity index (χ2n) is 7.17. The van der Waals surface area contributed by atoms with Crippen LogP contribution >= 0.6 is 0 Å². The first-order chi connectivity index (χ1) is 11.8. The van der Waals surface area contributed by atoms with Gasteiger partial charge in [0.25, 0.3) is 0 Å². The molecule has 0 aromatic rings. The zero-order valence-corrected chi connectivity index (χ0v) is 16.0. The molecule has 0 rings (SSSR count). The summed E-state index contributed by atoms with van der Waals surface area (Å²) in [7, 11) is 0. The van der Waals surface area contributed by atoms with Crippen molar-refractivity contribution >= 4 is 0 Å². The van der Waals surface area contributed by atoms with Crippen molar-refractivity contribution in [2.45, 2.75) is 57.2 Å². The van der Waals surface area contributed by atoms with E-state index in [9.17, 15) is 10.2 Å². The quantitative estimate of drug-likeness (QED) is 0.188. The molecule has 0 radical (unpaired) electrons. The third-order valence-electron chi connectivity index (χ3n) is 4.74. The van der Waals surface area contributed by atoms with Crippen LogP contribution in [0.2, 0.25) is 0 Å². The van der Waals surface area contributed by atoms with E-state index in [0.717, 1.165) is 12.8 Å². The smallest absolute Gasteiger partial charge is 0.102 e. The maximum atomic E-state index is 11.3. The largest absolute Gasteiger partial charge is 0.396 e. The Kier molecular flexibility index (Phi) is 12.8. The average Bonchev–Trinajstić information content (AvgIpc) is 2.59. The zero-order chi connectivity index (χ0) is 19.3. The van der Waals surface area contributed by atoms with E-state index in [4.69, 9.17) is 32.4 Å². The van der Waals surface area contributed by atoms with E-state index in [1.807, 2.05) is 0 Å². The molecule has 152 valence electrons. The summed E-state index contributed by atoms with van der Waals surface area (Å²) in [6.07, 6.45) is 2.43. The summed E-state index contributed by atoms with van der Waals surface area (Å²) in [4.78, 5) is 0. The number of rotatable bonds is 16. The summed E-state index contributed by atoms with van der Waals surface area (Å²) < 4.78 is 11.0. The van der Waals surface area contributed by atoms with E-state index >= 15 is 0 Å². The summed E-state index contributed by atoms with van der Waals surface area (Å²) >= 11 is 0. The average molecular weight is 365 g/mol. The van der Waals surface area contributed by atoms with Gasteiger partial charge in [0.15, 0.2) is 0 Å². The molecule has 0 aromatic carbocycles. The Morgan fingerprint density at radius 1 is 0.840 bits per heavy atom. The van der Waals surface area contributed by atoms with E-state index < -0.39 is 23.1 Å². The number of aliphatic hydroxyl groups excluding tert-OH is 1. The highest BCUT2D eigenvalue weighted by Gasteiger charge is 2.51. The molecule has 0 heterocycles. The predicted octanol–water partition coefficient (Wildman–Crippen LogP) is -1.10. The Labute approximate surface area is 152 Å². The molecule has 0 fully saturated rings. The van der Waals surface area contributed by atoms with Crippen LogP contribution in [0.1, 0.15) is 39.5 Å². The molecule has 0 bridgehead atoms. The van der Waals surface area contributed by atoms with Crippen molar-refractivity contribution in [3.63, 3.8) is 0 Å². The minimum absolute atomic E-state index is 0.229. The molecular formula is C17H40N4O4. The van der Waals surface area contributed by atoms with Gasteiger partial charge in [0, 0.05) is 43.9 Å². The van der Waals surface area contributed by atoms with Crippen LogP contribution in [0.25, 0.3) is 0 Å². The minimum atomic E-state index is -1.45. The van der Waals surface area contributed by atoms with Crippen molar-refractivity contribution in [3.05, 3.63) is 0 Å². The van der Waals surface area contributed by atoms with Crippen LogP contribution < -0.4 is 22.9 Å². The Balaban J connectivity index is 4.75. The molecule has 10 N–H and O–H groups in total. The molecule has 2 unspecified atom stereocenters. The minimum Gasteiger partial charge on any atom is -0.396 e. The van der Waals surface area contributed by atoms with E-state index in [2.05, 4.69) is 0 Å². The fraction of sp³-hybridized carbons (Fsp3) is 1.00. The molecule has 0 spiro atoms. The third-order valence-corrected chi connectivity index (χ3v) is 4.74. The fourth-order valence-electron chi connectivity index (χ4n) is 2.84. The Hall–Kier alpha value is -0.320. The van der Waals surface area contributed by atoms with Gasteiger partial charge < -0.3 is 42.6 Å². The number of ether oxygens (including phenoxy) is 2.